The first-order chi connectivity index (χ1) is 8.61. The summed E-state index contributed by atoms with van der Waals surface area (Å²) < 4.78 is 43.0. The summed E-state index contributed by atoms with van der Waals surface area (Å²) in [6, 6.07) is 2.62. The maximum absolute atomic E-state index is 12.7. The van der Waals surface area contributed by atoms with Crippen LogP contribution in [-0.2, 0) is 11.2 Å². The van der Waals surface area contributed by atoms with E-state index in [1.54, 1.807) is 6.92 Å². The predicted octanol–water partition coefficient (Wildman–Crippen LogP) is 1.98. The summed E-state index contributed by atoms with van der Waals surface area (Å²) in [5.41, 5.74) is -3.37. The van der Waals surface area contributed by atoms with Crippen molar-refractivity contribution < 1.29 is 32.3 Å². The maximum Gasteiger partial charge on any atom is 0.422 e. The van der Waals surface area contributed by atoms with Crippen LogP contribution in [0.2, 0.25) is 0 Å². The minimum absolute atomic E-state index is 0.367. The molecule has 0 aliphatic heterocycles. The summed E-state index contributed by atoms with van der Waals surface area (Å²) in [7, 11) is 0. The van der Waals surface area contributed by atoms with E-state index in [0.29, 0.717) is 19.1 Å². The van der Waals surface area contributed by atoms with E-state index in [1.807, 2.05) is 0 Å². The predicted molar refractivity (Wildman–Crippen MR) is 57.6 cm³/mol. The average molecular weight is 279 g/mol. The second-order valence-corrected chi connectivity index (χ2v) is 4.00. The molecular formula is C11H12F3NO4. The molecule has 19 heavy (non-hydrogen) atoms. The Morgan fingerprint density at radius 2 is 1.95 bits per heavy atom. The van der Waals surface area contributed by atoms with Crippen LogP contribution >= 0.6 is 0 Å². The molecule has 5 nitrogen and oxygen atoms in total. The third kappa shape index (κ3) is 2.88. The molecule has 1 amide bonds. The summed E-state index contributed by atoms with van der Waals surface area (Å²) in [6.45, 7) is 2.11. The zero-order valence-corrected chi connectivity index (χ0v) is 10.2. The number of alkyl halides is 3. The van der Waals surface area contributed by atoms with Crippen LogP contribution in [0.5, 0.6) is 0 Å². The number of amides is 1. The molecule has 1 aromatic rings. The number of carboxylic acid groups (broad SMARTS) is 1. The quantitative estimate of drug-likeness (QED) is 0.883. The highest BCUT2D eigenvalue weighted by Crippen LogP contribution is 2.30. The van der Waals surface area contributed by atoms with Gasteiger partial charge in [-0.05, 0) is 19.1 Å². The minimum atomic E-state index is -5.13. The van der Waals surface area contributed by atoms with Crippen LogP contribution < -0.4 is 5.32 Å². The molecule has 0 saturated heterocycles. The summed E-state index contributed by atoms with van der Waals surface area (Å²) in [4.78, 5) is 22.3. The molecule has 0 bridgehead atoms. The molecule has 8 heteroatoms. The van der Waals surface area contributed by atoms with Crippen LogP contribution in [0.3, 0.4) is 0 Å². The largest absolute Gasteiger partial charge is 0.479 e. The van der Waals surface area contributed by atoms with Gasteiger partial charge in [-0.15, -0.1) is 0 Å². The number of rotatable bonds is 4. The van der Waals surface area contributed by atoms with E-state index in [-0.39, 0.29) is 5.76 Å². The number of furan rings is 1. The average Bonchev–Trinajstić information content (AvgIpc) is 2.75. The van der Waals surface area contributed by atoms with E-state index in [4.69, 9.17) is 9.52 Å². The Labute approximate surface area is 106 Å². The van der Waals surface area contributed by atoms with Gasteiger partial charge in [-0.3, -0.25) is 4.79 Å². The lowest BCUT2D eigenvalue weighted by molar-refractivity contribution is -0.203. The number of aliphatic carboxylic acids is 1. The van der Waals surface area contributed by atoms with Gasteiger partial charge < -0.3 is 14.8 Å². The number of nitrogens with one attached hydrogen (secondary N) is 1. The molecule has 0 spiro atoms. The molecule has 0 saturated carbocycles. The fourth-order valence-corrected chi connectivity index (χ4v) is 1.22. The van der Waals surface area contributed by atoms with Crippen LogP contribution in [0, 0.1) is 0 Å². The van der Waals surface area contributed by atoms with Gasteiger partial charge in [-0.2, -0.15) is 13.2 Å². The molecule has 1 atom stereocenters. The van der Waals surface area contributed by atoms with Crippen LogP contribution in [0.1, 0.15) is 30.2 Å². The molecule has 0 aliphatic rings. The summed E-state index contributed by atoms with van der Waals surface area (Å²) in [5.74, 6) is -3.39. The van der Waals surface area contributed by atoms with E-state index in [1.165, 1.54) is 17.4 Å². The Morgan fingerprint density at radius 3 is 2.32 bits per heavy atom. The van der Waals surface area contributed by atoms with Crippen molar-refractivity contribution in [2.24, 2.45) is 0 Å². The fraction of sp³-hybridized carbons (Fsp3) is 0.455. The monoisotopic (exact) mass is 279 g/mol. The Morgan fingerprint density at radius 1 is 1.37 bits per heavy atom. The number of aryl methyl sites for hydroxylation is 1. The van der Waals surface area contributed by atoms with Gasteiger partial charge in [0.25, 0.3) is 5.91 Å². The van der Waals surface area contributed by atoms with Crippen molar-refractivity contribution in [1.82, 2.24) is 5.32 Å². The number of carbonyl (C=O) groups excluding carboxylic acids is 1. The highest BCUT2D eigenvalue weighted by atomic mass is 19.4. The summed E-state index contributed by atoms with van der Waals surface area (Å²) in [6.07, 6.45) is -4.67. The van der Waals surface area contributed by atoms with E-state index in [9.17, 15) is 22.8 Å². The third-order valence-electron chi connectivity index (χ3n) is 2.59. The van der Waals surface area contributed by atoms with Gasteiger partial charge >= 0.3 is 12.1 Å². The van der Waals surface area contributed by atoms with Gasteiger partial charge in [-0.25, -0.2) is 4.79 Å². The van der Waals surface area contributed by atoms with Crippen LogP contribution in [0.15, 0.2) is 16.5 Å². The number of hydrogen-bond donors (Lipinski definition) is 2. The van der Waals surface area contributed by atoms with Gasteiger partial charge in [0, 0.05) is 6.42 Å². The van der Waals surface area contributed by atoms with Gasteiger partial charge in [0.05, 0.1) is 0 Å². The van der Waals surface area contributed by atoms with Gasteiger partial charge in [0.2, 0.25) is 5.54 Å². The first-order valence-electron chi connectivity index (χ1n) is 5.33. The molecule has 0 aromatic carbocycles. The number of carbonyl (C=O) groups is 2. The normalized spacial score (nSPS) is 14.8. The lowest BCUT2D eigenvalue weighted by Gasteiger charge is -2.28. The summed E-state index contributed by atoms with van der Waals surface area (Å²) >= 11 is 0. The molecule has 106 valence electrons. The van der Waals surface area contributed by atoms with Crippen molar-refractivity contribution in [3.05, 3.63) is 23.7 Å². The van der Waals surface area contributed by atoms with E-state index >= 15 is 0 Å². The molecule has 2 N–H and O–H groups in total. The zero-order valence-electron chi connectivity index (χ0n) is 10.2. The Kier molecular flexibility index (Phi) is 3.92. The van der Waals surface area contributed by atoms with Crippen molar-refractivity contribution in [1.29, 1.82) is 0 Å². The number of carboxylic acids is 1. The highest BCUT2D eigenvalue weighted by Gasteiger charge is 2.58. The Hall–Kier alpha value is -1.99. The molecular weight excluding hydrogens is 267 g/mol. The van der Waals surface area contributed by atoms with Crippen molar-refractivity contribution >= 4 is 11.9 Å². The fourth-order valence-electron chi connectivity index (χ4n) is 1.22. The molecule has 1 unspecified atom stereocenters. The molecule has 1 rings (SSSR count). The zero-order chi connectivity index (χ0) is 14.8. The van der Waals surface area contributed by atoms with Crippen LogP contribution in [-0.4, -0.2) is 28.7 Å². The van der Waals surface area contributed by atoms with Crippen molar-refractivity contribution in [2.45, 2.75) is 32.0 Å². The van der Waals surface area contributed by atoms with Gasteiger partial charge in [0.1, 0.15) is 5.76 Å². The van der Waals surface area contributed by atoms with Gasteiger partial charge in [0.15, 0.2) is 5.76 Å². The topological polar surface area (TPSA) is 79.5 Å². The summed E-state index contributed by atoms with van der Waals surface area (Å²) in [5, 5.41) is 10.1. The molecule has 0 fully saturated rings. The van der Waals surface area contributed by atoms with Crippen LogP contribution in [0.4, 0.5) is 13.2 Å². The van der Waals surface area contributed by atoms with E-state index in [0.717, 1.165) is 0 Å². The second-order valence-electron chi connectivity index (χ2n) is 4.00. The van der Waals surface area contributed by atoms with E-state index in [2.05, 4.69) is 0 Å². The lowest BCUT2D eigenvalue weighted by atomic mass is 10.0. The third-order valence-corrected chi connectivity index (χ3v) is 2.59. The lowest BCUT2D eigenvalue weighted by Crippen LogP contribution is -2.61. The molecule has 1 aromatic heterocycles. The standard InChI is InChI=1S/C11H12F3NO4/c1-3-6-4-5-7(19-6)8(16)15-10(2,9(17)18)11(12,13)14/h4-5H,3H2,1-2H3,(H,15,16)(H,17,18). The SMILES string of the molecule is CCc1ccc(C(=O)NC(C)(C(=O)O)C(F)(F)F)o1. The second kappa shape index (κ2) is 4.94. The number of halogens is 3. The first-order valence-corrected chi connectivity index (χ1v) is 5.33. The molecule has 0 radical (unpaired) electrons. The molecule has 0 aliphatic carbocycles. The van der Waals surface area contributed by atoms with Crippen molar-refractivity contribution in [2.75, 3.05) is 0 Å². The smallest absolute Gasteiger partial charge is 0.422 e. The van der Waals surface area contributed by atoms with Gasteiger partial charge in [-0.1, -0.05) is 6.92 Å². The van der Waals surface area contributed by atoms with Crippen molar-refractivity contribution in [3.63, 3.8) is 0 Å². The highest BCUT2D eigenvalue weighted by molar-refractivity contribution is 5.96. The van der Waals surface area contributed by atoms with Crippen molar-refractivity contribution in [3.8, 4) is 0 Å². The number of hydrogen-bond acceptors (Lipinski definition) is 3. The van der Waals surface area contributed by atoms with Crippen LogP contribution in [0.25, 0.3) is 0 Å². The minimum Gasteiger partial charge on any atom is -0.479 e. The van der Waals surface area contributed by atoms with E-state index < -0.39 is 23.6 Å². The maximum atomic E-state index is 12.7. The Bertz CT molecular complexity index is 494. The first kappa shape index (κ1) is 15.1. The molecule has 1 heterocycles. The Balaban J connectivity index is 2.98.